The van der Waals surface area contributed by atoms with Gasteiger partial charge in [-0.2, -0.15) is 0 Å². The standard InChI is InChI=1S/C16H16Cl3N/c17-9-10-20(11-13-5-2-1-3-6-13)12-14-7-4-8-15(18)16(14)19/h1-8H,9-12H2. The SMILES string of the molecule is ClCCN(Cc1ccccc1)Cc1cccc(Cl)c1Cl. The highest BCUT2D eigenvalue weighted by Gasteiger charge is 2.10. The van der Waals surface area contributed by atoms with Crippen molar-refractivity contribution in [2.45, 2.75) is 13.1 Å². The van der Waals surface area contributed by atoms with E-state index >= 15 is 0 Å². The molecule has 0 saturated carbocycles. The molecular weight excluding hydrogens is 313 g/mol. The van der Waals surface area contributed by atoms with Crippen LogP contribution in [0.5, 0.6) is 0 Å². The molecule has 4 heteroatoms. The second-order valence-electron chi connectivity index (χ2n) is 4.60. The largest absolute Gasteiger partial charge is 0.294 e. The Kier molecular flexibility index (Phi) is 6.18. The first kappa shape index (κ1) is 15.7. The second kappa shape index (κ2) is 7.90. The fourth-order valence-electron chi connectivity index (χ4n) is 2.09. The van der Waals surface area contributed by atoms with Gasteiger partial charge < -0.3 is 0 Å². The quantitative estimate of drug-likeness (QED) is 0.656. The first-order valence-corrected chi connectivity index (χ1v) is 7.75. The third-order valence-electron chi connectivity index (χ3n) is 3.08. The van der Waals surface area contributed by atoms with E-state index < -0.39 is 0 Å². The normalized spacial score (nSPS) is 11.0. The number of hydrogen-bond donors (Lipinski definition) is 0. The molecule has 0 spiro atoms. The molecule has 20 heavy (non-hydrogen) atoms. The smallest absolute Gasteiger partial charge is 0.0637 e. The van der Waals surface area contributed by atoms with Crippen molar-refractivity contribution in [3.05, 3.63) is 69.7 Å². The average Bonchev–Trinajstić information content (AvgIpc) is 2.45. The Morgan fingerprint density at radius 3 is 2.30 bits per heavy atom. The maximum atomic E-state index is 6.25. The molecule has 106 valence electrons. The molecule has 0 heterocycles. The van der Waals surface area contributed by atoms with Crippen LogP contribution in [0.1, 0.15) is 11.1 Å². The van der Waals surface area contributed by atoms with Crippen molar-refractivity contribution >= 4 is 34.8 Å². The summed E-state index contributed by atoms with van der Waals surface area (Å²) in [6, 6.07) is 16.0. The molecule has 2 aromatic carbocycles. The number of alkyl halides is 1. The Labute approximate surface area is 135 Å². The van der Waals surface area contributed by atoms with Crippen molar-refractivity contribution in [3.8, 4) is 0 Å². The molecule has 0 atom stereocenters. The van der Waals surface area contributed by atoms with Gasteiger partial charge in [-0.25, -0.2) is 0 Å². The van der Waals surface area contributed by atoms with E-state index in [1.165, 1.54) is 5.56 Å². The Morgan fingerprint density at radius 1 is 0.850 bits per heavy atom. The average molecular weight is 329 g/mol. The molecule has 0 bridgehead atoms. The Bertz CT molecular complexity index is 543. The van der Waals surface area contributed by atoms with Crippen LogP contribution in [0.15, 0.2) is 48.5 Å². The lowest BCUT2D eigenvalue weighted by Crippen LogP contribution is -2.25. The van der Waals surface area contributed by atoms with Gasteiger partial charge >= 0.3 is 0 Å². The number of nitrogens with zero attached hydrogens (tertiary/aromatic N) is 1. The van der Waals surface area contributed by atoms with Gasteiger partial charge in [0, 0.05) is 25.5 Å². The highest BCUT2D eigenvalue weighted by Crippen LogP contribution is 2.26. The summed E-state index contributed by atoms with van der Waals surface area (Å²) in [6.07, 6.45) is 0. The van der Waals surface area contributed by atoms with Crippen molar-refractivity contribution < 1.29 is 0 Å². The lowest BCUT2D eigenvalue weighted by molar-refractivity contribution is 0.273. The van der Waals surface area contributed by atoms with Gasteiger partial charge in [-0.05, 0) is 17.2 Å². The number of benzene rings is 2. The molecule has 2 rings (SSSR count). The highest BCUT2D eigenvalue weighted by atomic mass is 35.5. The van der Waals surface area contributed by atoms with Crippen LogP contribution in [-0.2, 0) is 13.1 Å². The van der Waals surface area contributed by atoms with Crippen molar-refractivity contribution in [1.29, 1.82) is 0 Å². The lowest BCUT2D eigenvalue weighted by Gasteiger charge is -2.22. The van der Waals surface area contributed by atoms with Crippen LogP contribution in [0.25, 0.3) is 0 Å². The van der Waals surface area contributed by atoms with Gasteiger partial charge in [0.25, 0.3) is 0 Å². The van der Waals surface area contributed by atoms with E-state index in [1.807, 2.05) is 30.3 Å². The van der Waals surface area contributed by atoms with E-state index in [1.54, 1.807) is 6.07 Å². The molecule has 0 aromatic heterocycles. The zero-order valence-electron chi connectivity index (χ0n) is 11.0. The first-order chi connectivity index (χ1) is 9.70. The van der Waals surface area contributed by atoms with Crippen LogP contribution in [0.3, 0.4) is 0 Å². The summed E-state index contributed by atoms with van der Waals surface area (Å²) in [7, 11) is 0. The van der Waals surface area contributed by atoms with E-state index in [-0.39, 0.29) is 0 Å². The summed E-state index contributed by atoms with van der Waals surface area (Å²) in [5, 5.41) is 1.22. The predicted octanol–water partition coefficient (Wildman–Crippen LogP) is 5.23. The van der Waals surface area contributed by atoms with Crippen LogP contribution >= 0.6 is 34.8 Å². The van der Waals surface area contributed by atoms with Gasteiger partial charge in [0.15, 0.2) is 0 Å². The minimum absolute atomic E-state index is 0.588. The molecular formula is C16H16Cl3N. The molecule has 0 N–H and O–H groups in total. The molecule has 0 fully saturated rings. The van der Waals surface area contributed by atoms with Gasteiger partial charge in [0.1, 0.15) is 0 Å². The molecule has 1 nitrogen and oxygen atoms in total. The highest BCUT2D eigenvalue weighted by molar-refractivity contribution is 6.42. The predicted molar refractivity (Wildman–Crippen MR) is 87.7 cm³/mol. The van der Waals surface area contributed by atoms with Crippen LogP contribution in [0.2, 0.25) is 10.0 Å². The number of rotatable bonds is 6. The second-order valence-corrected chi connectivity index (χ2v) is 5.76. The fourth-order valence-corrected chi connectivity index (χ4v) is 2.71. The van der Waals surface area contributed by atoms with Crippen LogP contribution in [0.4, 0.5) is 0 Å². The van der Waals surface area contributed by atoms with E-state index in [0.717, 1.165) is 25.2 Å². The van der Waals surface area contributed by atoms with Gasteiger partial charge in [-0.1, -0.05) is 65.7 Å². The molecule has 0 unspecified atom stereocenters. The van der Waals surface area contributed by atoms with E-state index in [0.29, 0.717) is 15.9 Å². The Hall–Kier alpha value is -0.730. The summed E-state index contributed by atoms with van der Waals surface area (Å²) >= 11 is 18.2. The molecule has 0 aliphatic rings. The maximum Gasteiger partial charge on any atom is 0.0637 e. The van der Waals surface area contributed by atoms with Crippen molar-refractivity contribution in [2.75, 3.05) is 12.4 Å². The van der Waals surface area contributed by atoms with Crippen LogP contribution in [0, 0.1) is 0 Å². The minimum atomic E-state index is 0.588. The molecule has 0 amide bonds. The third kappa shape index (κ3) is 4.39. The number of halogens is 3. The molecule has 0 radical (unpaired) electrons. The monoisotopic (exact) mass is 327 g/mol. The summed E-state index contributed by atoms with van der Waals surface area (Å²) in [6.45, 7) is 2.39. The molecule has 0 saturated heterocycles. The fraction of sp³-hybridized carbons (Fsp3) is 0.250. The molecule has 0 aliphatic carbocycles. The topological polar surface area (TPSA) is 3.24 Å². The summed E-state index contributed by atoms with van der Waals surface area (Å²) in [4.78, 5) is 2.26. The van der Waals surface area contributed by atoms with Crippen LogP contribution in [-0.4, -0.2) is 17.3 Å². The maximum absolute atomic E-state index is 6.25. The van der Waals surface area contributed by atoms with Crippen molar-refractivity contribution in [1.82, 2.24) is 4.90 Å². The Morgan fingerprint density at radius 2 is 1.60 bits per heavy atom. The van der Waals surface area contributed by atoms with E-state index in [9.17, 15) is 0 Å². The van der Waals surface area contributed by atoms with Crippen molar-refractivity contribution in [2.24, 2.45) is 0 Å². The van der Waals surface area contributed by atoms with Gasteiger partial charge in [0.2, 0.25) is 0 Å². The number of hydrogen-bond acceptors (Lipinski definition) is 1. The summed E-state index contributed by atoms with van der Waals surface area (Å²) in [5.41, 5.74) is 2.29. The minimum Gasteiger partial charge on any atom is -0.294 e. The van der Waals surface area contributed by atoms with E-state index in [2.05, 4.69) is 17.0 Å². The van der Waals surface area contributed by atoms with Gasteiger partial charge in [-0.3, -0.25) is 4.90 Å². The molecule has 0 aliphatic heterocycles. The third-order valence-corrected chi connectivity index (χ3v) is 4.10. The zero-order chi connectivity index (χ0) is 14.4. The summed E-state index contributed by atoms with van der Waals surface area (Å²) < 4.78 is 0. The van der Waals surface area contributed by atoms with Gasteiger partial charge in [0.05, 0.1) is 10.0 Å². The zero-order valence-corrected chi connectivity index (χ0v) is 13.3. The Balaban J connectivity index is 2.11. The first-order valence-electron chi connectivity index (χ1n) is 6.46. The molecule has 2 aromatic rings. The summed E-state index contributed by atoms with van der Waals surface area (Å²) in [5.74, 6) is 0.588. The van der Waals surface area contributed by atoms with Crippen molar-refractivity contribution in [3.63, 3.8) is 0 Å². The van der Waals surface area contributed by atoms with Crippen LogP contribution < -0.4 is 0 Å². The van der Waals surface area contributed by atoms with Gasteiger partial charge in [-0.15, -0.1) is 11.6 Å². The lowest BCUT2D eigenvalue weighted by atomic mass is 10.1. The van der Waals surface area contributed by atoms with E-state index in [4.69, 9.17) is 34.8 Å².